The summed E-state index contributed by atoms with van der Waals surface area (Å²) in [6.45, 7) is 7.41. The van der Waals surface area contributed by atoms with E-state index < -0.39 is 0 Å². The van der Waals surface area contributed by atoms with Crippen molar-refractivity contribution >= 4 is 29.3 Å². The lowest BCUT2D eigenvalue weighted by molar-refractivity contribution is -0.128. The van der Waals surface area contributed by atoms with Gasteiger partial charge in [-0.3, -0.25) is 4.79 Å². The minimum absolute atomic E-state index is 0.0246. The molecule has 0 saturated carbocycles. The van der Waals surface area contributed by atoms with Crippen molar-refractivity contribution < 1.29 is 4.79 Å². The Bertz CT molecular complexity index is 452. The number of halogens is 1. The quantitative estimate of drug-likeness (QED) is 0.774. The van der Waals surface area contributed by atoms with Gasteiger partial charge < -0.3 is 4.90 Å². The van der Waals surface area contributed by atoms with Crippen LogP contribution >= 0.6 is 23.4 Å². The maximum Gasteiger partial charge on any atom is 0.238 e. The molecule has 2 nitrogen and oxygen atoms in total. The van der Waals surface area contributed by atoms with Crippen LogP contribution in [-0.2, 0) is 10.2 Å². The van der Waals surface area contributed by atoms with E-state index in [4.69, 9.17) is 11.6 Å². The van der Waals surface area contributed by atoms with E-state index in [2.05, 4.69) is 45.0 Å². The number of amides is 1. The fourth-order valence-corrected chi connectivity index (χ4v) is 3.66. The van der Waals surface area contributed by atoms with E-state index in [0.717, 1.165) is 12.3 Å². The van der Waals surface area contributed by atoms with Crippen molar-refractivity contribution in [2.24, 2.45) is 0 Å². The Hall–Kier alpha value is -0.670. The topological polar surface area (TPSA) is 20.3 Å². The van der Waals surface area contributed by atoms with Gasteiger partial charge in [-0.15, -0.1) is 23.4 Å². The molecule has 1 atom stereocenters. The zero-order chi connectivity index (χ0) is 14.0. The van der Waals surface area contributed by atoms with Gasteiger partial charge in [-0.25, -0.2) is 0 Å². The van der Waals surface area contributed by atoms with Crippen molar-refractivity contribution in [1.82, 2.24) is 4.90 Å². The lowest BCUT2D eigenvalue weighted by Crippen LogP contribution is -2.31. The van der Waals surface area contributed by atoms with Crippen LogP contribution in [0.2, 0.25) is 0 Å². The van der Waals surface area contributed by atoms with Crippen LogP contribution in [0.4, 0.5) is 0 Å². The summed E-state index contributed by atoms with van der Waals surface area (Å²) in [7, 11) is 0. The fraction of sp³-hybridized carbons (Fsp3) is 0.533. The molecule has 0 aliphatic carbocycles. The van der Waals surface area contributed by atoms with E-state index >= 15 is 0 Å². The molecule has 1 unspecified atom stereocenters. The van der Waals surface area contributed by atoms with E-state index in [1.165, 1.54) is 11.1 Å². The number of carbonyl (C=O) groups is 1. The molecule has 2 rings (SSSR count). The Balaban J connectivity index is 2.20. The average molecular weight is 298 g/mol. The van der Waals surface area contributed by atoms with Crippen LogP contribution in [0.3, 0.4) is 0 Å². The van der Waals surface area contributed by atoms with Gasteiger partial charge in [-0.05, 0) is 16.5 Å². The van der Waals surface area contributed by atoms with Crippen molar-refractivity contribution in [3.8, 4) is 0 Å². The van der Waals surface area contributed by atoms with Gasteiger partial charge in [0, 0.05) is 12.3 Å². The second-order valence-electron chi connectivity index (χ2n) is 5.82. The minimum Gasteiger partial charge on any atom is -0.325 e. The SMILES string of the molecule is CC(C)(C)c1ccc(C2SCCN2C(=O)CCl)cc1. The molecular weight excluding hydrogens is 278 g/mol. The standard InChI is InChI=1S/C15H20ClNOS/c1-15(2,3)12-6-4-11(5-7-12)14-17(8-9-19-14)13(18)10-16/h4-7,14H,8-10H2,1-3H3. The number of thioether (sulfide) groups is 1. The summed E-state index contributed by atoms with van der Waals surface area (Å²) in [4.78, 5) is 13.7. The second-order valence-corrected chi connectivity index (χ2v) is 7.27. The molecule has 0 spiro atoms. The first-order valence-electron chi connectivity index (χ1n) is 6.51. The van der Waals surface area contributed by atoms with E-state index in [1.54, 1.807) is 0 Å². The predicted molar refractivity (Wildman–Crippen MR) is 82.8 cm³/mol. The van der Waals surface area contributed by atoms with Gasteiger partial charge in [-0.2, -0.15) is 0 Å². The summed E-state index contributed by atoms with van der Waals surface area (Å²) in [5.74, 6) is 1.07. The Morgan fingerprint density at radius 3 is 2.53 bits per heavy atom. The maximum atomic E-state index is 11.8. The molecule has 4 heteroatoms. The number of hydrogen-bond acceptors (Lipinski definition) is 2. The highest BCUT2D eigenvalue weighted by Crippen LogP contribution is 2.38. The molecule has 0 N–H and O–H groups in total. The molecule has 1 fully saturated rings. The third-order valence-electron chi connectivity index (χ3n) is 3.39. The molecule has 1 amide bonds. The van der Waals surface area contributed by atoms with Gasteiger partial charge in [0.1, 0.15) is 11.3 Å². The summed E-state index contributed by atoms with van der Waals surface area (Å²) in [6, 6.07) is 8.60. The molecule has 0 radical (unpaired) electrons. The van der Waals surface area contributed by atoms with E-state index in [-0.39, 0.29) is 22.6 Å². The highest BCUT2D eigenvalue weighted by Gasteiger charge is 2.30. The summed E-state index contributed by atoms with van der Waals surface area (Å²) < 4.78 is 0. The molecule has 1 saturated heterocycles. The lowest BCUT2D eigenvalue weighted by Gasteiger charge is -2.25. The van der Waals surface area contributed by atoms with Crippen molar-refractivity contribution in [2.45, 2.75) is 31.6 Å². The van der Waals surface area contributed by atoms with Crippen molar-refractivity contribution in [2.75, 3.05) is 18.2 Å². The van der Waals surface area contributed by atoms with Crippen molar-refractivity contribution in [3.05, 3.63) is 35.4 Å². The van der Waals surface area contributed by atoms with Crippen LogP contribution in [0.15, 0.2) is 24.3 Å². The van der Waals surface area contributed by atoms with E-state index in [9.17, 15) is 4.79 Å². The molecule has 1 aliphatic heterocycles. The number of benzene rings is 1. The highest BCUT2D eigenvalue weighted by molar-refractivity contribution is 7.99. The van der Waals surface area contributed by atoms with Gasteiger partial charge in [0.15, 0.2) is 0 Å². The van der Waals surface area contributed by atoms with Gasteiger partial charge in [-0.1, -0.05) is 45.0 Å². The molecule has 104 valence electrons. The molecule has 19 heavy (non-hydrogen) atoms. The third kappa shape index (κ3) is 3.26. The van der Waals surface area contributed by atoms with E-state index in [0.29, 0.717) is 0 Å². The fourth-order valence-electron chi connectivity index (χ4n) is 2.23. The van der Waals surface area contributed by atoms with Crippen LogP contribution in [0.1, 0.15) is 37.3 Å². The summed E-state index contributed by atoms with van der Waals surface area (Å²) in [5, 5.41) is 0.125. The summed E-state index contributed by atoms with van der Waals surface area (Å²) in [6.07, 6.45) is 0. The largest absolute Gasteiger partial charge is 0.325 e. The monoisotopic (exact) mass is 297 g/mol. The normalized spacial score (nSPS) is 19.8. The zero-order valence-electron chi connectivity index (χ0n) is 11.6. The van der Waals surface area contributed by atoms with Crippen LogP contribution in [-0.4, -0.2) is 29.0 Å². The second kappa shape index (κ2) is 5.76. The third-order valence-corrected chi connectivity index (χ3v) is 4.88. The first-order chi connectivity index (χ1) is 8.93. The molecule has 0 aromatic heterocycles. The smallest absolute Gasteiger partial charge is 0.238 e. The Kier molecular flexibility index (Phi) is 4.46. The maximum absolute atomic E-state index is 11.8. The predicted octanol–water partition coefficient (Wildman–Crippen LogP) is 3.80. The molecule has 0 bridgehead atoms. The molecule has 1 aliphatic rings. The van der Waals surface area contributed by atoms with Crippen LogP contribution in [0.25, 0.3) is 0 Å². The molecule has 1 heterocycles. The highest BCUT2D eigenvalue weighted by atomic mass is 35.5. The van der Waals surface area contributed by atoms with Crippen LogP contribution < -0.4 is 0 Å². The first kappa shape index (κ1) is 14.7. The van der Waals surface area contributed by atoms with E-state index in [1.807, 2.05) is 16.7 Å². The van der Waals surface area contributed by atoms with Gasteiger partial charge in [0.2, 0.25) is 5.91 Å². The number of hydrogen-bond donors (Lipinski definition) is 0. The van der Waals surface area contributed by atoms with Gasteiger partial charge in [0.25, 0.3) is 0 Å². The average Bonchev–Trinajstić information content (AvgIpc) is 2.86. The molecule has 1 aromatic carbocycles. The molecule has 1 aromatic rings. The number of rotatable bonds is 2. The minimum atomic E-state index is 0.0246. The first-order valence-corrected chi connectivity index (χ1v) is 8.09. The zero-order valence-corrected chi connectivity index (χ0v) is 13.2. The Morgan fingerprint density at radius 2 is 2.00 bits per heavy atom. The summed E-state index contributed by atoms with van der Waals surface area (Å²) >= 11 is 7.48. The number of alkyl halides is 1. The lowest BCUT2D eigenvalue weighted by atomic mass is 9.87. The number of nitrogens with zero attached hydrogens (tertiary/aromatic N) is 1. The van der Waals surface area contributed by atoms with Crippen LogP contribution in [0.5, 0.6) is 0 Å². The van der Waals surface area contributed by atoms with Crippen LogP contribution in [0, 0.1) is 0 Å². The summed E-state index contributed by atoms with van der Waals surface area (Å²) in [5.41, 5.74) is 2.66. The van der Waals surface area contributed by atoms with Gasteiger partial charge >= 0.3 is 0 Å². The number of carbonyl (C=O) groups excluding carboxylic acids is 1. The van der Waals surface area contributed by atoms with Crippen molar-refractivity contribution in [3.63, 3.8) is 0 Å². The Labute approximate surface area is 124 Å². The Morgan fingerprint density at radius 1 is 1.37 bits per heavy atom. The van der Waals surface area contributed by atoms with Gasteiger partial charge in [0.05, 0.1) is 0 Å². The molecular formula is C15H20ClNOS. The van der Waals surface area contributed by atoms with Crippen molar-refractivity contribution in [1.29, 1.82) is 0 Å².